The van der Waals surface area contributed by atoms with E-state index < -0.39 is 20.0 Å². The molecule has 0 atom stereocenters. The van der Waals surface area contributed by atoms with Crippen molar-refractivity contribution in [2.45, 2.75) is 13.2 Å². The number of sulfone groups is 1. The predicted octanol–water partition coefficient (Wildman–Crippen LogP) is -4.27. The predicted molar refractivity (Wildman–Crippen MR) is 114 cm³/mol. The van der Waals surface area contributed by atoms with E-state index in [0.717, 1.165) is 11.1 Å². The fourth-order valence-electron chi connectivity index (χ4n) is 1.64. The van der Waals surface area contributed by atoms with Gasteiger partial charge in [0.1, 0.15) is 9.84 Å². The summed E-state index contributed by atoms with van der Waals surface area (Å²) < 4.78 is 55.7. The number of hydrogen-bond acceptors (Lipinski definition) is 7. The van der Waals surface area contributed by atoms with Crippen LogP contribution in [0.1, 0.15) is 11.1 Å². The molecule has 0 unspecified atom stereocenters. The quantitative estimate of drug-likeness (QED) is 0.140. The van der Waals surface area contributed by atoms with Gasteiger partial charge in [-0.1, -0.05) is 82.2 Å². The van der Waals surface area contributed by atoms with E-state index in [4.69, 9.17) is 4.74 Å². The Kier molecular flexibility index (Phi) is 24.9. The first-order chi connectivity index (χ1) is 13.6. The van der Waals surface area contributed by atoms with E-state index in [1.807, 2.05) is 60.7 Å². The van der Waals surface area contributed by atoms with E-state index in [9.17, 15) is 26.5 Å². The molecule has 164 valence electrons. The van der Waals surface area contributed by atoms with Gasteiger partial charge in [-0.05, 0) is 5.56 Å². The molecule has 7 nitrogen and oxygen atoms in total. The van der Waals surface area contributed by atoms with Crippen molar-refractivity contribution in [2.24, 2.45) is 0 Å². The number of ether oxygens (including phenoxy) is 1. The normalized spacial score (nSPS) is 10.2. The number of halogens is 1. The number of rotatable bonds is 8. The van der Waals surface area contributed by atoms with E-state index in [1.54, 1.807) is 0 Å². The summed E-state index contributed by atoms with van der Waals surface area (Å²) in [6, 6.07) is 19.0. The van der Waals surface area contributed by atoms with Crippen molar-refractivity contribution in [1.82, 2.24) is 0 Å². The minimum atomic E-state index is -3.97. The van der Waals surface area contributed by atoms with Crippen LogP contribution in [0.3, 0.4) is 0 Å². The van der Waals surface area contributed by atoms with Crippen molar-refractivity contribution in [3.63, 3.8) is 0 Å². The first-order valence-corrected chi connectivity index (χ1v) is 13.2. The van der Waals surface area contributed by atoms with Crippen molar-refractivity contribution in [2.75, 3.05) is 29.7 Å². The second-order valence-electron chi connectivity index (χ2n) is 5.75. The van der Waals surface area contributed by atoms with Gasteiger partial charge in [-0.2, -0.15) is 0 Å². The van der Waals surface area contributed by atoms with Crippen molar-refractivity contribution in [3.8, 4) is 0 Å². The molecule has 0 aromatic heterocycles. The average molecular weight is 555 g/mol. The van der Waals surface area contributed by atoms with Crippen LogP contribution in [0.2, 0.25) is 0 Å². The maximum absolute atomic E-state index is 10.8. The van der Waals surface area contributed by atoms with Crippen molar-refractivity contribution < 1.29 is 90.3 Å². The van der Waals surface area contributed by atoms with Gasteiger partial charge in [0.2, 0.25) is 0 Å². The van der Waals surface area contributed by atoms with Crippen molar-refractivity contribution in [1.29, 1.82) is 0 Å². The molecule has 0 spiro atoms. The molecule has 0 bridgehead atoms. The van der Waals surface area contributed by atoms with E-state index in [-0.39, 0.29) is 89.2 Å². The van der Waals surface area contributed by atoms with Gasteiger partial charge < -0.3 is 14.4 Å². The van der Waals surface area contributed by atoms with Gasteiger partial charge in [0.15, 0.2) is 0 Å². The Morgan fingerprint density at radius 3 is 1.58 bits per heavy atom. The molecule has 31 heavy (non-hydrogen) atoms. The summed E-state index contributed by atoms with van der Waals surface area (Å²) >= 11 is 2.81. The van der Waals surface area contributed by atoms with Crippen LogP contribution in [0.15, 0.2) is 60.7 Å². The molecule has 0 aliphatic heterocycles. The number of benzene rings is 2. The van der Waals surface area contributed by atoms with Gasteiger partial charge in [-0.15, -0.1) is 6.61 Å². The maximum Gasteiger partial charge on any atom is 1.00 e. The Morgan fingerprint density at radius 1 is 0.839 bits per heavy atom. The van der Waals surface area contributed by atoms with Gasteiger partial charge in [-0.3, -0.25) is 0 Å². The topological polar surface area (TPSA) is 124 Å². The molecular formula is C19H25BrNa2O7S2. The molecule has 2 aromatic rings. The van der Waals surface area contributed by atoms with Crippen LogP contribution in [0.5, 0.6) is 0 Å². The molecule has 0 amide bonds. The zero-order valence-electron chi connectivity index (χ0n) is 18.1. The summed E-state index contributed by atoms with van der Waals surface area (Å²) in [6.07, 6.45) is 1.21. The van der Waals surface area contributed by atoms with Crippen LogP contribution < -0.4 is 64.2 Å². The van der Waals surface area contributed by atoms with Crippen LogP contribution in [-0.4, -0.2) is 51.1 Å². The van der Waals surface area contributed by atoms with Gasteiger partial charge in [0, 0.05) is 17.3 Å². The van der Waals surface area contributed by atoms with E-state index in [2.05, 4.69) is 15.9 Å². The Hall–Kier alpha value is 0.700. The molecule has 0 fully saturated rings. The molecule has 0 radical (unpaired) electrons. The zero-order valence-corrected chi connectivity index (χ0v) is 25.3. The molecule has 12 heteroatoms. The fraction of sp³-hybridized carbons (Fsp3) is 0.368. The van der Waals surface area contributed by atoms with E-state index in [1.165, 1.54) is 6.26 Å². The molecule has 0 saturated carbocycles. The summed E-state index contributed by atoms with van der Waals surface area (Å²) in [7, 11) is -6.87. The van der Waals surface area contributed by atoms with Gasteiger partial charge in [0.05, 0.1) is 29.1 Å². The van der Waals surface area contributed by atoms with Gasteiger partial charge in [-0.25, -0.2) is 16.8 Å². The van der Waals surface area contributed by atoms with E-state index >= 15 is 0 Å². The largest absolute Gasteiger partial charge is 1.00 e. The molecule has 0 heterocycles. The fourth-order valence-corrected chi connectivity index (χ4v) is 3.44. The average Bonchev–Trinajstić information content (AvgIpc) is 2.66. The molecule has 0 aliphatic rings. The Balaban J connectivity index is -0.000000398. The van der Waals surface area contributed by atoms with Gasteiger partial charge >= 0.3 is 59.1 Å². The summed E-state index contributed by atoms with van der Waals surface area (Å²) in [4.78, 5) is 0. The monoisotopic (exact) mass is 554 g/mol. The molecule has 0 aliphatic carbocycles. The summed E-state index contributed by atoms with van der Waals surface area (Å²) in [6.45, 7) is 0.616. The van der Waals surface area contributed by atoms with Crippen LogP contribution in [0, 0.1) is 0 Å². The minimum Gasteiger partial charge on any atom is -0.851 e. The summed E-state index contributed by atoms with van der Waals surface area (Å²) in [5.41, 5.74) is 1.91. The second kappa shape index (κ2) is 21.2. The Labute approximate surface area is 238 Å². The Morgan fingerprint density at radius 2 is 1.29 bits per heavy atom. The smallest absolute Gasteiger partial charge is 0.851 e. The second-order valence-corrected chi connectivity index (χ2v) is 10.3. The van der Waals surface area contributed by atoms with Crippen molar-refractivity contribution in [3.05, 3.63) is 71.8 Å². The number of alkyl halides is 1. The maximum atomic E-state index is 10.8. The summed E-state index contributed by atoms with van der Waals surface area (Å²) in [5.74, 6) is -0.243. The Bertz CT molecular complexity index is 867. The molecule has 0 saturated heterocycles. The third-order valence-corrected chi connectivity index (χ3v) is 5.58. The number of hydrogen-bond donors (Lipinski definition) is 0. The SMILES string of the molecule is CS(=O)(=O)CCOCc1ccccc1.O=S(=O)([O-])CCBr.[Na+].[Na+].[O-]Cc1ccccc1. The van der Waals surface area contributed by atoms with Crippen LogP contribution in [0.4, 0.5) is 0 Å². The first kappa shape index (κ1) is 36.3. The zero-order chi connectivity index (χ0) is 22.2. The van der Waals surface area contributed by atoms with Crippen molar-refractivity contribution >= 4 is 35.9 Å². The third-order valence-electron chi connectivity index (χ3n) is 3.05. The molecule has 0 N–H and O–H groups in total. The molecule has 2 rings (SSSR count). The standard InChI is InChI=1S/C10H14O3S.C7H7O.C2H5BrO3S.2Na/c1-14(11,12)8-7-13-9-10-5-3-2-4-6-10;8-6-7-4-2-1-3-5-7;3-1-2-7(4,5)6;;/h2-6H,7-9H2,1H3;1-5H,6H2;1-2H2,(H,4,5,6);;/q;-1;;2*+1/p-1. The van der Waals surface area contributed by atoms with Crippen LogP contribution >= 0.6 is 15.9 Å². The van der Waals surface area contributed by atoms with Crippen LogP contribution in [-0.2, 0) is 37.9 Å². The van der Waals surface area contributed by atoms with Gasteiger partial charge in [0.25, 0.3) is 0 Å². The van der Waals surface area contributed by atoms with E-state index in [0.29, 0.717) is 6.61 Å². The molecule has 2 aromatic carbocycles. The summed E-state index contributed by atoms with van der Waals surface area (Å²) in [5, 5.41) is 10.4. The minimum absolute atomic E-state index is 0. The first-order valence-electron chi connectivity index (χ1n) is 8.48. The van der Waals surface area contributed by atoms with Crippen LogP contribution in [0.25, 0.3) is 0 Å². The molecular weight excluding hydrogens is 530 g/mol. The third kappa shape index (κ3) is 26.8.